The first-order valence-electron chi connectivity index (χ1n) is 9.97. The van der Waals surface area contributed by atoms with Crippen LogP contribution in [-0.4, -0.2) is 56.8 Å². The normalized spacial score (nSPS) is 15.0. The van der Waals surface area contributed by atoms with Gasteiger partial charge in [-0.25, -0.2) is 14.6 Å². The Labute approximate surface area is 181 Å². The van der Waals surface area contributed by atoms with Crippen LogP contribution in [0.15, 0.2) is 42.9 Å². The summed E-state index contributed by atoms with van der Waals surface area (Å²) in [6.07, 6.45) is -0.369. The van der Waals surface area contributed by atoms with Crippen LogP contribution in [0.3, 0.4) is 0 Å². The van der Waals surface area contributed by atoms with E-state index >= 15 is 0 Å². The number of nitrogens with zero attached hydrogens (tertiary/aromatic N) is 4. The summed E-state index contributed by atoms with van der Waals surface area (Å²) in [6, 6.07) is 6.93. The third kappa shape index (κ3) is 4.63. The van der Waals surface area contributed by atoms with Gasteiger partial charge in [-0.3, -0.25) is 4.79 Å². The van der Waals surface area contributed by atoms with Crippen LogP contribution in [0.1, 0.15) is 29.2 Å². The van der Waals surface area contributed by atoms with Gasteiger partial charge in [-0.1, -0.05) is 0 Å². The van der Waals surface area contributed by atoms with E-state index in [1.807, 2.05) is 0 Å². The van der Waals surface area contributed by atoms with E-state index in [0.29, 0.717) is 28.2 Å². The summed E-state index contributed by atoms with van der Waals surface area (Å²) in [5.74, 6) is -0.989. The van der Waals surface area contributed by atoms with Gasteiger partial charge in [-0.2, -0.15) is 5.10 Å². The van der Waals surface area contributed by atoms with Crippen molar-refractivity contribution in [3.05, 3.63) is 48.5 Å². The molecular weight excluding hydrogens is 427 g/mol. The number of carbonyl (C=O) groups excluding carboxylic acids is 1. The molecule has 1 aliphatic heterocycles. The summed E-state index contributed by atoms with van der Waals surface area (Å²) in [4.78, 5) is 20.8. The van der Waals surface area contributed by atoms with E-state index in [4.69, 9.17) is 0 Å². The molecule has 1 aliphatic rings. The summed E-state index contributed by atoms with van der Waals surface area (Å²) in [7, 11) is 0. The number of nitrogens with one attached hydrogen (secondary N) is 1. The van der Waals surface area contributed by atoms with E-state index in [1.165, 1.54) is 35.3 Å². The molecule has 32 heavy (non-hydrogen) atoms. The Morgan fingerprint density at radius 3 is 2.50 bits per heavy atom. The molecule has 1 aromatic carbocycles. The van der Waals surface area contributed by atoms with E-state index in [2.05, 4.69) is 25.1 Å². The van der Waals surface area contributed by atoms with Crippen molar-refractivity contribution in [3.63, 3.8) is 0 Å². The number of halogens is 3. The second-order valence-electron chi connectivity index (χ2n) is 7.26. The second kappa shape index (κ2) is 9.05. The Balaban J connectivity index is 1.88. The molecule has 0 atom stereocenters. The number of aliphatic hydroxyl groups is 1. The van der Waals surface area contributed by atoms with Gasteiger partial charge in [0.2, 0.25) is 0 Å². The van der Waals surface area contributed by atoms with Crippen molar-refractivity contribution in [3.8, 4) is 28.3 Å². The lowest BCUT2D eigenvalue weighted by Crippen LogP contribution is -2.29. The molecule has 8 nitrogen and oxygen atoms in total. The Kier molecular flexibility index (Phi) is 6.19. The molecule has 1 saturated heterocycles. The molecule has 0 radical (unpaired) electrons. The minimum atomic E-state index is -4.80. The van der Waals surface area contributed by atoms with Gasteiger partial charge in [0.05, 0.1) is 17.0 Å². The first-order chi connectivity index (χ1) is 15.4. The number of aliphatic hydroxyl groups excluding tert-OH is 1. The van der Waals surface area contributed by atoms with E-state index in [9.17, 15) is 23.1 Å². The largest absolute Gasteiger partial charge is 0.573 e. The predicted molar refractivity (Wildman–Crippen MR) is 108 cm³/mol. The van der Waals surface area contributed by atoms with E-state index in [0.717, 1.165) is 25.9 Å². The molecule has 3 heterocycles. The van der Waals surface area contributed by atoms with Gasteiger partial charge in [-0.15, -0.1) is 13.2 Å². The maximum atomic E-state index is 12.6. The van der Waals surface area contributed by atoms with Gasteiger partial charge in [0.25, 0.3) is 5.91 Å². The monoisotopic (exact) mass is 447 g/mol. The minimum absolute atomic E-state index is 0.0224. The molecule has 0 amide bonds. The second-order valence-corrected chi connectivity index (χ2v) is 7.26. The fourth-order valence-corrected chi connectivity index (χ4v) is 3.87. The molecule has 11 heteroatoms. The number of carbonyl (C=O) groups is 1. The smallest absolute Gasteiger partial charge is 0.406 e. The zero-order valence-corrected chi connectivity index (χ0v) is 16.8. The molecule has 0 bridgehead atoms. The van der Waals surface area contributed by atoms with Crippen LogP contribution in [0.4, 0.5) is 13.2 Å². The maximum Gasteiger partial charge on any atom is 0.573 e. The molecule has 1 fully saturated rings. The zero-order chi connectivity index (χ0) is 22.7. The average molecular weight is 447 g/mol. The quantitative estimate of drug-likeness (QED) is 0.620. The predicted octanol–water partition coefficient (Wildman–Crippen LogP) is 3.01. The first kappa shape index (κ1) is 21.9. The Hall–Kier alpha value is -3.31. The van der Waals surface area contributed by atoms with Crippen molar-refractivity contribution >= 4 is 5.91 Å². The van der Waals surface area contributed by atoms with Crippen LogP contribution < -0.4 is 10.1 Å². The fraction of sp³-hybridized carbons (Fsp3) is 0.333. The van der Waals surface area contributed by atoms with Crippen molar-refractivity contribution in [2.24, 2.45) is 0 Å². The van der Waals surface area contributed by atoms with Gasteiger partial charge in [0.15, 0.2) is 0 Å². The SMILES string of the molecule is O=C(CO)n1nc(-c2ccc(OC(F)(F)F)cc2)c(-c2ccncn2)c1C1CCNCC1. The molecule has 0 spiro atoms. The van der Waals surface area contributed by atoms with Gasteiger partial charge in [0, 0.05) is 17.7 Å². The van der Waals surface area contributed by atoms with E-state index in [1.54, 1.807) is 12.3 Å². The summed E-state index contributed by atoms with van der Waals surface area (Å²) in [6.45, 7) is 0.775. The fourth-order valence-electron chi connectivity index (χ4n) is 3.87. The number of hydrogen-bond donors (Lipinski definition) is 2. The minimum Gasteiger partial charge on any atom is -0.406 e. The molecule has 4 rings (SSSR count). The van der Waals surface area contributed by atoms with Crippen molar-refractivity contribution < 1.29 is 27.8 Å². The first-order valence-corrected chi connectivity index (χ1v) is 9.97. The lowest BCUT2D eigenvalue weighted by molar-refractivity contribution is -0.274. The van der Waals surface area contributed by atoms with Gasteiger partial charge in [0.1, 0.15) is 24.4 Å². The Morgan fingerprint density at radius 2 is 1.91 bits per heavy atom. The third-order valence-electron chi connectivity index (χ3n) is 5.22. The molecule has 3 aromatic rings. The van der Waals surface area contributed by atoms with Crippen molar-refractivity contribution in [2.45, 2.75) is 25.1 Å². The van der Waals surface area contributed by atoms with E-state index < -0.39 is 18.9 Å². The number of benzene rings is 1. The molecule has 0 aliphatic carbocycles. The molecular formula is C21H20F3N5O3. The lowest BCUT2D eigenvalue weighted by Gasteiger charge is -2.24. The van der Waals surface area contributed by atoms with Gasteiger partial charge < -0.3 is 15.2 Å². The molecule has 0 saturated carbocycles. The Morgan fingerprint density at radius 1 is 1.19 bits per heavy atom. The standard InChI is InChI=1S/C21H20F3N5O3/c22-21(23,24)32-15-3-1-13(2-4-15)19-18(16-7-10-26-12-27-16)20(14-5-8-25-9-6-14)29(28-19)17(31)11-30/h1-4,7,10,12,14,25,30H,5-6,8-9,11H2. The number of hydrogen-bond acceptors (Lipinski definition) is 7. The van der Waals surface area contributed by atoms with Crippen molar-refractivity contribution in [1.82, 2.24) is 25.1 Å². The summed E-state index contributed by atoms with van der Waals surface area (Å²) in [5, 5.41) is 17.3. The highest BCUT2D eigenvalue weighted by Crippen LogP contribution is 2.40. The van der Waals surface area contributed by atoms with Gasteiger partial charge in [-0.05, 0) is 56.3 Å². The number of aromatic nitrogens is 4. The van der Waals surface area contributed by atoms with Crippen LogP contribution in [0.25, 0.3) is 22.5 Å². The maximum absolute atomic E-state index is 12.6. The van der Waals surface area contributed by atoms with Crippen LogP contribution in [0, 0.1) is 0 Å². The number of piperidine rings is 1. The zero-order valence-electron chi connectivity index (χ0n) is 16.8. The molecule has 0 unspecified atom stereocenters. The molecule has 168 valence electrons. The molecule has 2 N–H and O–H groups in total. The van der Waals surface area contributed by atoms with Gasteiger partial charge >= 0.3 is 6.36 Å². The summed E-state index contributed by atoms with van der Waals surface area (Å²) >= 11 is 0. The highest BCUT2D eigenvalue weighted by atomic mass is 19.4. The topological polar surface area (TPSA) is 102 Å². The highest BCUT2D eigenvalue weighted by Gasteiger charge is 2.32. The van der Waals surface area contributed by atoms with Crippen LogP contribution in [0.5, 0.6) is 5.75 Å². The van der Waals surface area contributed by atoms with Crippen molar-refractivity contribution in [2.75, 3.05) is 19.7 Å². The van der Waals surface area contributed by atoms with E-state index in [-0.39, 0.29) is 11.7 Å². The summed E-state index contributed by atoms with van der Waals surface area (Å²) < 4.78 is 42.7. The number of rotatable bonds is 5. The van der Waals surface area contributed by atoms with Crippen molar-refractivity contribution in [1.29, 1.82) is 0 Å². The lowest BCUT2D eigenvalue weighted by atomic mass is 9.89. The number of alkyl halides is 3. The number of ether oxygens (including phenoxy) is 1. The summed E-state index contributed by atoms with van der Waals surface area (Å²) in [5.41, 5.74) is 2.59. The third-order valence-corrected chi connectivity index (χ3v) is 5.22. The highest BCUT2D eigenvalue weighted by molar-refractivity contribution is 5.88. The van der Waals surface area contributed by atoms with Crippen LogP contribution in [-0.2, 0) is 0 Å². The Bertz CT molecular complexity index is 1080. The van der Waals surface area contributed by atoms with Crippen LogP contribution in [0.2, 0.25) is 0 Å². The average Bonchev–Trinajstić information content (AvgIpc) is 3.20. The van der Waals surface area contributed by atoms with Crippen LogP contribution >= 0.6 is 0 Å². The molecule has 2 aromatic heterocycles.